The van der Waals surface area contributed by atoms with Crippen LogP contribution in [0.4, 0.5) is 0 Å². The minimum Gasteiger partial charge on any atom is -0.501 e. The Morgan fingerprint density at radius 2 is 1.56 bits per heavy atom. The number of nitrogens with zero attached hydrogens (tertiary/aromatic N) is 3. The third kappa shape index (κ3) is 7.15. The Morgan fingerprint density at radius 3 is 2.30 bits per heavy atom. The molecule has 0 aliphatic rings. The van der Waals surface area contributed by atoms with Crippen LogP contribution in [0.2, 0.25) is 19.6 Å². The van der Waals surface area contributed by atoms with Crippen molar-refractivity contribution < 1.29 is 24.5 Å². The molecule has 0 saturated carbocycles. The van der Waals surface area contributed by atoms with Gasteiger partial charge in [-0.15, -0.1) is 53.6 Å². The van der Waals surface area contributed by atoms with Gasteiger partial charge in [0.1, 0.15) is 5.58 Å². The summed E-state index contributed by atoms with van der Waals surface area (Å²) in [4.78, 5) is 9.67. The second kappa shape index (κ2) is 14.7. The zero-order valence-electron chi connectivity index (χ0n) is 29.4. The van der Waals surface area contributed by atoms with Crippen molar-refractivity contribution in [1.82, 2.24) is 14.5 Å². The van der Waals surface area contributed by atoms with Crippen molar-refractivity contribution >= 4 is 46.2 Å². The summed E-state index contributed by atoms with van der Waals surface area (Å²) in [6, 6.07) is 45.9. The summed E-state index contributed by atoms with van der Waals surface area (Å²) < 4.78 is 8.41. The van der Waals surface area contributed by atoms with Crippen LogP contribution >= 0.6 is 0 Å². The van der Waals surface area contributed by atoms with Crippen molar-refractivity contribution in [3.63, 3.8) is 0 Å². The van der Waals surface area contributed by atoms with Gasteiger partial charge in [-0.05, 0) is 53.6 Å². The third-order valence-electron chi connectivity index (χ3n) is 8.81. The maximum atomic E-state index is 6.24. The van der Waals surface area contributed by atoms with E-state index in [1.54, 1.807) is 0 Å². The molecule has 1 radical (unpaired) electrons. The van der Waals surface area contributed by atoms with Crippen LogP contribution < -0.4 is 5.19 Å². The smallest absolute Gasteiger partial charge is 0.120 e. The Labute approximate surface area is 309 Å². The summed E-state index contributed by atoms with van der Waals surface area (Å²) >= 11 is 0. The second-order valence-electron chi connectivity index (χ2n) is 14.1. The van der Waals surface area contributed by atoms with Gasteiger partial charge in [-0.3, -0.25) is 4.98 Å². The van der Waals surface area contributed by atoms with Gasteiger partial charge in [0.05, 0.1) is 30.5 Å². The molecule has 0 fully saturated rings. The first kappa shape index (κ1) is 35.2. The fourth-order valence-corrected chi connectivity index (χ4v) is 8.07. The molecule has 50 heavy (non-hydrogen) atoms. The second-order valence-corrected chi connectivity index (χ2v) is 19.2. The number of imidazole rings is 1. The van der Waals surface area contributed by atoms with Crippen LogP contribution in [0.25, 0.3) is 61.3 Å². The van der Waals surface area contributed by atoms with Gasteiger partial charge in [-0.2, -0.15) is 0 Å². The summed E-state index contributed by atoms with van der Waals surface area (Å²) in [6.07, 6.45) is 3.24. The summed E-state index contributed by atoms with van der Waals surface area (Å²) in [5.74, 6) is 1.49. The minimum atomic E-state index is -1.35. The molecule has 8 aromatic rings. The van der Waals surface area contributed by atoms with Crippen LogP contribution in [0, 0.1) is 25.0 Å². The van der Waals surface area contributed by atoms with E-state index in [9.17, 15) is 0 Å². The monoisotopic (exact) mass is 848 g/mol. The van der Waals surface area contributed by atoms with Gasteiger partial charge >= 0.3 is 0 Å². The van der Waals surface area contributed by atoms with Gasteiger partial charge < -0.3 is 14.0 Å². The summed E-state index contributed by atoms with van der Waals surface area (Å²) in [7, 11) is -1.35. The van der Waals surface area contributed by atoms with Crippen molar-refractivity contribution in [1.29, 1.82) is 0 Å². The molecule has 3 aromatic heterocycles. The molecule has 0 aliphatic heterocycles. The molecule has 0 aliphatic carbocycles. The van der Waals surface area contributed by atoms with Crippen LogP contribution in [0.5, 0.6) is 0 Å². The average Bonchev–Trinajstić information content (AvgIpc) is 3.67. The Hall–Kier alpha value is -4.61. The molecule has 0 atom stereocenters. The zero-order chi connectivity index (χ0) is 34.1. The summed E-state index contributed by atoms with van der Waals surface area (Å²) in [5.41, 5.74) is 10.5. The first-order chi connectivity index (χ1) is 23.7. The van der Waals surface area contributed by atoms with Gasteiger partial charge in [0.15, 0.2) is 0 Å². The largest absolute Gasteiger partial charge is 0.501 e. The fourth-order valence-electron chi connectivity index (χ4n) is 6.48. The maximum Gasteiger partial charge on any atom is 0.120 e. The fraction of sp³-hybridized carbons (Fsp3) is 0.182. The molecule has 0 unspecified atom stereocenters. The number of aromatic nitrogens is 3. The number of benzene rings is 5. The topological polar surface area (TPSA) is 43.9 Å². The van der Waals surface area contributed by atoms with Crippen molar-refractivity contribution in [2.45, 2.75) is 46.8 Å². The van der Waals surface area contributed by atoms with E-state index in [0.29, 0.717) is 5.92 Å². The van der Waals surface area contributed by atoms with Gasteiger partial charge in [0.2, 0.25) is 0 Å². The van der Waals surface area contributed by atoms with Crippen molar-refractivity contribution in [2.24, 2.45) is 5.92 Å². The Balaban J connectivity index is 0.000000177. The van der Waals surface area contributed by atoms with Crippen LogP contribution in [-0.4, -0.2) is 22.6 Å². The van der Waals surface area contributed by atoms with E-state index in [0.717, 1.165) is 67.7 Å². The average molecular weight is 848 g/mol. The Bertz CT molecular complexity index is 2390. The molecular weight excluding hydrogens is 807 g/mol. The van der Waals surface area contributed by atoms with E-state index >= 15 is 0 Å². The SMILES string of the molecule is Cc1c[c-]c(-c2cc(CC(C)C)c([Si](C)(C)C)cn2)cc1.[Ir].[c-]1ccc2c(oc3ccccc32)c1-c1nc2ccccc2n1-c1ccccc1. The minimum absolute atomic E-state index is 0. The summed E-state index contributed by atoms with van der Waals surface area (Å²) in [5, 5.41) is 3.68. The molecule has 4 nitrogen and oxygen atoms in total. The van der Waals surface area contributed by atoms with Crippen LogP contribution in [0.1, 0.15) is 25.0 Å². The predicted molar refractivity (Wildman–Crippen MR) is 207 cm³/mol. The van der Waals surface area contributed by atoms with Crippen LogP contribution in [0.3, 0.4) is 0 Å². The van der Waals surface area contributed by atoms with E-state index in [1.807, 2.05) is 66.7 Å². The van der Waals surface area contributed by atoms with Gasteiger partial charge in [-0.25, -0.2) is 0 Å². The molecule has 0 N–H and O–H groups in total. The number of fused-ring (bicyclic) bond motifs is 4. The number of rotatable bonds is 6. The number of aryl methyl sites for hydroxylation is 1. The molecule has 0 saturated heterocycles. The van der Waals surface area contributed by atoms with E-state index in [2.05, 4.69) is 112 Å². The molecule has 8 rings (SSSR count). The molecular formula is C44H41IrN3OSi-2. The number of furan rings is 1. The number of para-hydroxylation sites is 4. The molecule has 0 amide bonds. The number of hydrogen-bond acceptors (Lipinski definition) is 3. The van der Waals surface area contributed by atoms with Crippen molar-refractivity contribution in [3.05, 3.63) is 145 Å². The van der Waals surface area contributed by atoms with Crippen LogP contribution in [-0.2, 0) is 26.5 Å². The molecule has 5 aromatic carbocycles. The van der Waals surface area contributed by atoms with Gasteiger partial charge in [0, 0.05) is 37.4 Å². The summed E-state index contributed by atoms with van der Waals surface area (Å²) in [6.45, 7) is 13.8. The Kier molecular flexibility index (Phi) is 10.4. The van der Waals surface area contributed by atoms with E-state index in [4.69, 9.17) is 14.4 Å². The quantitative estimate of drug-likeness (QED) is 0.124. The number of hydrogen-bond donors (Lipinski definition) is 0. The van der Waals surface area contributed by atoms with Crippen molar-refractivity contribution in [3.8, 4) is 28.3 Å². The van der Waals surface area contributed by atoms with E-state index in [1.165, 1.54) is 16.3 Å². The Morgan fingerprint density at radius 1 is 0.820 bits per heavy atom. The van der Waals surface area contributed by atoms with Crippen LogP contribution in [0.15, 0.2) is 126 Å². The van der Waals surface area contributed by atoms with E-state index < -0.39 is 8.07 Å². The standard InChI is InChI=1S/C25H15N2O.C19H26NSi.Ir/c1-2-9-17(10-3-1)27-22-15-6-5-14-21(22)26-25(27)20-13-8-12-19-18-11-4-7-16-23(18)28-24(19)20;1-14(2)11-17-12-18(16-9-7-15(3)8-10-16)20-13-19(17)21(4,5)6;/h1-12,14-16H;7-9,12-14H,11H2,1-6H3;/q2*-1;. The first-order valence-corrected chi connectivity index (χ1v) is 20.5. The first-order valence-electron chi connectivity index (χ1n) is 17.0. The zero-order valence-corrected chi connectivity index (χ0v) is 32.8. The molecule has 6 heteroatoms. The third-order valence-corrected chi connectivity index (χ3v) is 10.9. The normalized spacial score (nSPS) is 11.5. The van der Waals surface area contributed by atoms with Gasteiger partial charge in [0.25, 0.3) is 0 Å². The molecule has 0 bridgehead atoms. The van der Waals surface area contributed by atoms with Crippen molar-refractivity contribution in [2.75, 3.05) is 0 Å². The van der Waals surface area contributed by atoms with Gasteiger partial charge in [-0.1, -0.05) is 112 Å². The number of pyridine rings is 1. The maximum absolute atomic E-state index is 6.24. The predicted octanol–water partition coefficient (Wildman–Crippen LogP) is 11.0. The molecule has 3 heterocycles. The van der Waals surface area contributed by atoms with E-state index in [-0.39, 0.29) is 20.1 Å². The molecule has 253 valence electrons. The molecule has 0 spiro atoms.